The molecule has 0 spiro atoms. The van der Waals surface area contributed by atoms with Gasteiger partial charge in [-0.15, -0.1) is 0 Å². The lowest BCUT2D eigenvalue weighted by Gasteiger charge is -2.17. The topological polar surface area (TPSA) is 35.2 Å². The Bertz CT molecular complexity index is 423. The Morgan fingerprint density at radius 2 is 2.12 bits per heavy atom. The van der Waals surface area contributed by atoms with E-state index in [2.05, 4.69) is 39.8 Å². The van der Waals surface area contributed by atoms with E-state index in [0.29, 0.717) is 5.92 Å². The van der Waals surface area contributed by atoms with Gasteiger partial charge in [-0.2, -0.15) is 0 Å². The summed E-state index contributed by atoms with van der Waals surface area (Å²) in [5.41, 5.74) is 9.69. The first kappa shape index (κ1) is 12.4. The highest BCUT2D eigenvalue weighted by Gasteiger charge is 2.30. The zero-order chi connectivity index (χ0) is 12.6. The van der Waals surface area contributed by atoms with Gasteiger partial charge in [-0.1, -0.05) is 13.0 Å². The first-order chi connectivity index (χ1) is 7.93. The van der Waals surface area contributed by atoms with E-state index < -0.39 is 0 Å². The SMILES string of the molecule is Cc1cc2c(cc1C(C)CCN)CC(C)(C)O2. The van der Waals surface area contributed by atoms with E-state index >= 15 is 0 Å². The minimum atomic E-state index is -0.0511. The molecule has 0 saturated carbocycles. The molecule has 1 aliphatic heterocycles. The molecule has 2 rings (SSSR count). The van der Waals surface area contributed by atoms with Gasteiger partial charge in [-0.05, 0) is 62.4 Å². The second-order valence-corrected chi connectivity index (χ2v) is 5.83. The normalized spacial score (nSPS) is 18.6. The zero-order valence-corrected chi connectivity index (χ0v) is 11.3. The molecule has 0 aliphatic carbocycles. The fourth-order valence-corrected chi connectivity index (χ4v) is 2.71. The van der Waals surface area contributed by atoms with Gasteiger partial charge in [-0.3, -0.25) is 0 Å². The van der Waals surface area contributed by atoms with Gasteiger partial charge in [-0.25, -0.2) is 0 Å². The molecule has 0 aromatic heterocycles. The highest BCUT2D eigenvalue weighted by Crippen LogP contribution is 2.38. The Kier molecular flexibility index (Phi) is 3.17. The highest BCUT2D eigenvalue weighted by atomic mass is 16.5. The van der Waals surface area contributed by atoms with Gasteiger partial charge in [0.2, 0.25) is 0 Å². The third-order valence-corrected chi connectivity index (χ3v) is 3.58. The molecule has 1 heterocycles. The van der Waals surface area contributed by atoms with E-state index in [0.717, 1.165) is 25.1 Å². The van der Waals surface area contributed by atoms with E-state index in [-0.39, 0.29) is 5.60 Å². The number of rotatable bonds is 3. The molecular weight excluding hydrogens is 210 g/mol. The zero-order valence-electron chi connectivity index (χ0n) is 11.3. The van der Waals surface area contributed by atoms with Gasteiger partial charge in [0, 0.05) is 6.42 Å². The summed E-state index contributed by atoms with van der Waals surface area (Å²) in [6.07, 6.45) is 2.05. The third-order valence-electron chi connectivity index (χ3n) is 3.58. The average molecular weight is 233 g/mol. The standard InChI is InChI=1S/C15H23NO/c1-10(5-6-16)13-8-12-9-15(3,4)17-14(12)7-11(13)2/h7-8,10H,5-6,9,16H2,1-4H3. The lowest BCUT2D eigenvalue weighted by molar-refractivity contribution is 0.138. The lowest BCUT2D eigenvalue weighted by Crippen LogP contribution is -2.24. The fraction of sp³-hybridized carbons (Fsp3) is 0.600. The number of aryl methyl sites for hydroxylation is 1. The van der Waals surface area contributed by atoms with Crippen LogP contribution < -0.4 is 10.5 Å². The molecule has 0 saturated heterocycles. The quantitative estimate of drug-likeness (QED) is 0.870. The van der Waals surface area contributed by atoms with Crippen LogP contribution in [0.1, 0.15) is 49.8 Å². The molecular formula is C15H23NO. The molecule has 2 heteroatoms. The maximum Gasteiger partial charge on any atom is 0.123 e. The van der Waals surface area contributed by atoms with Crippen molar-refractivity contribution in [2.45, 2.75) is 52.1 Å². The second kappa shape index (κ2) is 4.34. The molecule has 17 heavy (non-hydrogen) atoms. The molecule has 1 aromatic carbocycles. The summed E-state index contributed by atoms with van der Waals surface area (Å²) >= 11 is 0. The first-order valence-electron chi connectivity index (χ1n) is 6.45. The lowest BCUT2D eigenvalue weighted by atomic mass is 9.90. The molecule has 0 amide bonds. The summed E-state index contributed by atoms with van der Waals surface area (Å²) < 4.78 is 5.95. The molecule has 1 atom stereocenters. The number of fused-ring (bicyclic) bond motifs is 1. The van der Waals surface area contributed by atoms with E-state index in [4.69, 9.17) is 10.5 Å². The summed E-state index contributed by atoms with van der Waals surface area (Å²) in [6.45, 7) is 9.45. The summed E-state index contributed by atoms with van der Waals surface area (Å²) in [5, 5.41) is 0. The summed E-state index contributed by atoms with van der Waals surface area (Å²) in [4.78, 5) is 0. The van der Waals surface area contributed by atoms with Crippen LogP contribution in [0.15, 0.2) is 12.1 Å². The fourth-order valence-electron chi connectivity index (χ4n) is 2.71. The molecule has 1 unspecified atom stereocenters. The van der Waals surface area contributed by atoms with Crippen molar-refractivity contribution in [3.05, 3.63) is 28.8 Å². The van der Waals surface area contributed by atoms with Gasteiger partial charge in [0.05, 0.1) is 0 Å². The van der Waals surface area contributed by atoms with Crippen molar-refractivity contribution >= 4 is 0 Å². The molecule has 0 radical (unpaired) electrons. The van der Waals surface area contributed by atoms with Gasteiger partial charge in [0.1, 0.15) is 11.4 Å². The minimum Gasteiger partial charge on any atom is -0.487 e. The smallest absolute Gasteiger partial charge is 0.123 e. The van der Waals surface area contributed by atoms with Gasteiger partial charge >= 0.3 is 0 Å². The van der Waals surface area contributed by atoms with E-state index in [9.17, 15) is 0 Å². The summed E-state index contributed by atoms with van der Waals surface area (Å²) in [6, 6.07) is 4.51. The third kappa shape index (κ3) is 2.47. The number of hydrogen-bond acceptors (Lipinski definition) is 2. The predicted molar refractivity (Wildman–Crippen MR) is 71.7 cm³/mol. The van der Waals surface area contributed by atoms with Crippen LogP contribution in [-0.4, -0.2) is 12.1 Å². The van der Waals surface area contributed by atoms with Crippen molar-refractivity contribution in [3.63, 3.8) is 0 Å². The van der Waals surface area contributed by atoms with Gasteiger partial charge in [0.15, 0.2) is 0 Å². The Balaban J connectivity index is 2.33. The van der Waals surface area contributed by atoms with Gasteiger partial charge in [0.25, 0.3) is 0 Å². The molecule has 94 valence electrons. The maximum absolute atomic E-state index is 5.95. The molecule has 1 aliphatic rings. The molecule has 2 nitrogen and oxygen atoms in total. The Hall–Kier alpha value is -1.02. The van der Waals surface area contributed by atoms with Crippen molar-refractivity contribution < 1.29 is 4.74 Å². The second-order valence-electron chi connectivity index (χ2n) is 5.83. The largest absolute Gasteiger partial charge is 0.487 e. The van der Waals surface area contributed by atoms with E-state index in [1.54, 1.807) is 0 Å². The molecule has 1 aromatic rings. The van der Waals surface area contributed by atoms with Crippen molar-refractivity contribution in [1.82, 2.24) is 0 Å². The van der Waals surface area contributed by atoms with Crippen LogP contribution in [0.4, 0.5) is 0 Å². The average Bonchev–Trinajstić information content (AvgIpc) is 2.50. The van der Waals surface area contributed by atoms with Gasteiger partial charge < -0.3 is 10.5 Å². The Morgan fingerprint density at radius 1 is 1.41 bits per heavy atom. The summed E-state index contributed by atoms with van der Waals surface area (Å²) in [5.74, 6) is 1.60. The van der Waals surface area contributed by atoms with Crippen molar-refractivity contribution in [3.8, 4) is 5.75 Å². The summed E-state index contributed by atoms with van der Waals surface area (Å²) in [7, 11) is 0. The number of nitrogens with two attached hydrogens (primary N) is 1. The molecule has 0 fully saturated rings. The van der Waals surface area contributed by atoms with E-state index in [1.807, 2.05) is 0 Å². The molecule has 2 N–H and O–H groups in total. The number of benzene rings is 1. The van der Waals surface area contributed by atoms with Crippen LogP contribution >= 0.6 is 0 Å². The minimum absolute atomic E-state index is 0.0511. The van der Waals surface area contributed by atoms with Crippen LogP contribution in [0.2, 0.25) is 0 Å². The highest BCUT2D eigenvalue weighted by molar-refractivity contribution is 5.46. The Morgan fingerprint density at radius 3 is 2.76 bits per heavy atom. The van der Waals surface area contributed by atoms with E-state index in [1.165, 1.54) is 16.7 Å². The predicted octanol–water partition coefficient (Wildman–Crippen LogP) is 3.16. The van der Waals surface area contributed by atoms with Crippen molar-refractivity contribution in [2.24, 2.45) is 5.73 Å². The van der Waals surface area contributed by atoms with Crippen LogP contribution in [0, 0.1) is 6.92 Å². The first-order valence-corrected chi connectivity index (χ1v) is 6.45. The van der Waals surface area contributed by atoms with Crippen LogP contribution in [-0.2, 0) is 6.42 Å². The van der Waals surface area contributed by atoms with Crippen LogP contribution in [0.3, 0.4) is 0 Å². The number of ether oxygens (including phenoxy) is 1. The van der Waals surface area contributed by atoms with Crippen molar-refractivity contribution in [1.29, 1.82) is 0 Å². The van der Waals surface area contributed by atoms with Crippen LogP contribution in [0.25, 0.3) is 0 Å². The monoisotopic (exact) mass is 233 g/mol. The van der Waals surface area contributed by atoms with Crippen molar-refractivity contribution in [2.75, 3.05) is 6.54 Å². The molecule has 0 bridgehead atoms. The van der Waals surface area contributed by atoms with Crippen LogP contribution in [0.5, 0.6) is 5.75 Å². The maximum atomic E-state index is 5.95. The Labute approximate surface area is 104 Å². The number of hydrogen-bond donors (Lipinski definition) is 1.